The third-order valence-electron chi connectivity index (χ3n) is 4.84. The van der Waals surface area contributed by atoms with Crippen LogP contribution in [0.25, 0.3) is 0 Å². The molecule has 0 saturated carbocycles. The highest BCUT2D eigenvalue weighted by molar-refractivity contribution is 6.31. The van der Waals surface area contributed by atoms with E-state index in [1.807, 2.05) is 44.2 Å². The van der Waals surface area contributed by atoms with Gasteiger partial charge in [0.25, 0.3) is 0 Å². The molecule has 0 aromatic heterocycles. The zero-order valence-electron chi connectivity index (χ0n) is 18.3. The third kappa shape index (κ3) is 5.86. The molecule has 2 N–H and O–H groups in total. The highest BCUT2D eigenvalue weighted by Gasteiger charge is 2.14. The molecule has 0 fully saturated rings. The fourth-order valence-electron chi connectivity index (χ4n) is 3.11. The van der Waals surface area contributed by atoms with E-state index in [-0.39, 0.29) is 5.56 Å². The molecule has 0 bridgehead atoms. The van der Waals surface area contributed by atoms with Crippen LogP contribution in [0.4, 0.5) is 5.69 Å². The molecule has 6 nitrogen and oxygen atoms in total. The van der Waals surface area contributed by atoms with Crippen LogP contribution in [-0.4, -0.2) is 24.8 Å². The van der Waals surface area contributed by atoms with Crippen LogP contribution in [0.2, 0.25) is 5.02 Å². The summed E-state index contributed by atoms with van der Waals surface area (Å²) in [5.41, 5.74) is 3.73. The van der Waals surface area contributed by atoms with Gasteiger partial charge < -0.3 is 24.6 Å². The van der Waals surface area contributed by atoms with Crippen LogP contribution in [0.3, 0.4) is 0 Å². The van der Waals surface area contributed by atoms with Crippen LogP contribution in [0, 0.1) is 6.92 Å². The van der Waals surface area contributed by atoms with E-state index in [9.17, 15) is 9.90 Å². The largest absolute Gasteiger partial charge is 0.495 e. The Labute approximate surface area is 192 Å². The molecule has 0 unspecified atom stereocenters. The number of benzene rings is 3. The summed E-state index contributed by atoms with van der Waals surface area (Å²) in [5, 5.41) is 13.0. The maximum absolute atomic E-state index is 11.3. The van der Waals surface area contributed by atoms with E-state index in [1.54, 1.807) is 12.1 Å². The first kappa shape index (κ1) is 23.3. The van der Waals surface area contributed by atoms with Gasteiger partial charge in [-0.1, -0.05) is 41.4 Å². The molecule has 0 amide bonds. The number of hydrogen-bond donors (Lipinski definition) is 2. The molecule has 0 aliphatic carbocycles. The predicted octanol–water partition coefficient (Wildman–Crippen LogP) is 5.95. The normalized spacial score (nSPS) is 10.5. The van der Waals surface area contributed by atoms with E-state index in [2.05, 4.69) is 5.32 Å². The van der Waals surface area contributed by atoms with E-state index >= 15 is 0 Å². The average molecular weight is 456 g/mol. The summed E-state index contributed by atoms with van der Waals surface area (Å²) in [5.74, 6) is 0.676. The average Bonchev–Trinajstić information content (AvgIpc) is 2.79. The number of nitrogens with one attached hydrogen (secondary N) is 1. The smallest absolute Gasteiger partial charge is 0.335 e. The first-order valence-corrected chi connectivity index (χ1v) is 10.6. The molecule has 7 heteroatoms. The molecule has 32 heavy (non-hydrogen) atoms. The first-order valence-electron chi connectivity index (χ1n) is 10.2. The standard InChI is InChI=1S/C25H26ClNO5/c1-4-31-23-12-19(14-27-21-11-18(25(28)29)9-10-22(21)30-3)20(26)13-24(23)32-15-17-7-5-16(2)6-8-17/h5-13,27H,4,14-15H2,1-3H3,(H,28,29). The Hall–Kier alpha value is -3.38. The molecule has 3 aromatic carbocycles. The van der Waals surface area contributed by atoms with Gasteiger partial charge in [0, 0.05) is 17.6 Å². The van der Waals surface area contributed by atoms with Crippen molar-refractivity contribution < 1.29 is 24.1 Å². The summed E-state index contributed by atoms with van der Waals surface area (Å²) in [7, 11) is 1.53. The lowest BCUT2D eigenvalue weighted by atomic mass is 10.1. The number of anilines is 1. The number of hydrogen-bond acceptors (Lipinski definition) is 5. The summed E-state index contributed by atoms with van der Waals surface area (Å²) in [6.45, 7) is 5.16. The van der Waals surface area contributed by atoms with Crippen LogP contribution >= 0.6 is 11.6 Å². The number of halogens is 1. The molecule has 0 aliphatic heterocycles. The molecule has 0 aliphatic rings. The maximum Gasteiger partial charge on any atom is 0.335 e. The number of aromatic carboxylic acids is 1. The van der Waals surface area contributed by atoms with Gasteiger partial charge in [-0.25, -0.2) is 4.79 Å². The summed E-state index contributed by atoms with van der Waals surface area (Å²) < 4.78 is 17.1. The van der Waals surface area contributed by atoms with Crippen LogP contribution in [0.1, 0.15) is 34.0 Å². The number of carbonyl (C=O) groups is 1. The van der Waals surface area contributed by atoms with Gasteiger partial charge in [0.15, 0.2) is 11.5 Å². The first-order chi connectivity index (χ1) is 15.4. The van der Waals surface area contributed by atoms with E-state index in [0.29, 0.717) is 47.7 Å². The fourth-order valence-corrected chi connectivity index (χ4v) is 3.33. The Morgan fingerprint density at radius 2 is 1.72 bits per heavy atom. The van der Waals surface area contributed by atoms with Crippen LogP contribution in [0.5, 0.6) is 17.2 Å². The fraction of sp³-hybridized carbons (Fsp3) is 0.240. The van der Waals surface area contributed by atoms with Crippen molar-refractivity contribution in [3.63, 3.8) is 0 Å². The van der Waals surface area contributed by atoms with E-state index < -0.39 is 5.97 Å². The minimum atomic E-state index is -1.01. The highest BCUT2D eigenvalue weighted by atomic mass is 35.5. The second-order valence-corrected chi connectivity index (χ2v) is 7.58. The Bertz CT molecular complexity index is 1080. The van der Waals surface area contributed by atoms with Gasteiger partial charge in [0.2, 0.25) is 0 Å². The van der Waals surface area contributed by atoms with Crippen molar-refractivity contribution in [1.29, 1.82) is 0 Å². The number of methoxy groups -OCH3 is 1. The van der Waals surface area contributed by atoms with E-state index in [0.717, 1.165) is 11.1 Å². The van der Waals surface area contributed by atoms with Gasteiger partial charge in [0.05, 0.1) is 25.0 Å². The van der Waals surface area contributed by atoms with Crippen LogP contribution in [-0.2, 0) is 13.2 Å². The lowest BCUT2D eigenvalue weighted by Crippen LogP contribution is -2.06. The molecule has 0 saturated heterocycles. The Kier molecular flexibility index (Phi) is 7.84. The second kappa shape index (κ2) is 10.8. The number of rotatable bonds is 10. The van der Waals surface area contributed by atoms with E-state index in [1.165, 1.54) is 24.8 Å². The van der Waals surface area contributed by atoms with Gasteiger partial charge in [0.1, 0.15) is 12.4 Å². The lowest BCUT2D eigenvalue weighted by Gasteiger charge is -2.17. The van der Waals surface area contributed by atoms with Gasteiger partial charge in [-0.2, -0.15) is 0 Å². The highest BCUT2D eigenvalue weighted by Crippen LogP contribution is 2.35. The van der Waals surface area contributed by atoms with Crippen molar-refractivity contribution in [2.24, 2.45) is 0 Å². The van der Waals surface area contributed by atoms with Crippen molar-refractivity contribution in [3.05, 3.63) is 81.9 Å². The molecule has 0 atom stereocenters. The number of aryl methyl sites for hydroxylation is 1. The molecular formula is C25H26ClNO5. The Morgan fingerprint density at radius 3 is 2.38 bits per heavy atom. The van der Waals surface area contributed by atoms with Crippen molar-refractivity contribution in [3.8, 4) is 17.2 Å². The monoisotopic (exact) mass is 455 g/mol. The van der Waals surface area contributed by atoms with Crippen molar-refractivity contribution in [2.45, 2.75) is 27.0 Å². The van der Waals surface area contributed by atoms with Gasteiger partial charge >= 0.3 is 5.97 Å². The summed E-state index contributed by atoms with van der Waals surface area (Å²) in [6, 6.07) is 16.3. The minimum Gasteiger partial charge on any atom is -0.495 e. The summed E-state index contributed by atoms with van der Waals surface area (Å²) in [6.07, 6.45) is 0. The van der Waals surface area contributed by atoms with Gasteiger partial charge in [-0.3, -0.25) is 0 Å². The molecule has 168 valence electrons. The zero-order valence-corrected chi connectivity index (χ0v) is 19.0. The number of carboxylic acids is 1. The summed E-state index contributed by atoms with van der Waals surface area (Å²) >= 11 is 6.52. The minimum absolute atomic E-state index is 0.161. The molecule has 0 spiro atoms. The lowest BCUT2D eigenvalue weighted by molar-refractivity contribution is 0.0697. The van der Waals surface area contributed by atoms with Crippen molar-refractivity contribution >= 4 is 23.3 Å². The maximum atomic E-state index is 11.3. The Morgan fingerprint density at radius 1 is 1.00 bits per heavy atom. The van der Waals surface area contributed by atoms with E-state index in [4.69, 9.17) is 25.8 Å². The number of carboxylic acid groups (broad SMARTS) is 1. The zero-order chi connectivity index (χ0) is 23.1. The predicted molar refractivity (Wildman–Crippen MR) is 125 cm³/mol. The SMILES string of the molecule is CCOc1cc(CNc2cc(C(=O)O)ccc2OC)c(Cl)cc1OCc1ccc(C)cc1. The topological polar surface area (TPSA) is 77.0 Å². The van der Waals surface area contributed by atoms with Gasteiger partial charge in [-0.15, -0.1) is 0 Å². The van der Waals surface area contributed by atoms with Crippen molar-refractivity contribution in [1.82, 2.24) is 0 Å². The van der Waals surface area contributed by atoms with Crippen LogP contribution in [0.15, 0.2) is 54.6 Å². The summed E-state index contributed by atoms with van der Waals surface area (Å²) in [4.78, 5) is 11.3. The molecule has 0 heterocycles. The second-order valence-electron chi connectivity index (χ2n) is 7.17. The molecule has 3 aromatic rings. The molecule has 0 radical (unpaired) electrons. The Balaban J connectivity index is 1.79. The number of ether oxygens (including phenoxy) is 3. The molecular weight excluding hydrogens is 430 g/mol. The van der Waals surface area contributed by atoms with Gasteiger partial charge in [-0.05, 0) is 49.2 Å². The van der Waals surface area contributed by atoms with Crippen molar-refractivity contribution in [2.75, 3.05) is 19.0 Å². The third-order valence-corrected chi connectivity index (χ3v) is 5.20. The van der Waals surface area contributed by atoms with Crippen LogP contribution < -0.4 is 19.5 Å². The molecule has 3 rings (SSSR count). The quantitative estimate of drug-likeness (QED) is 0.393.